The van der Waals surface area contributed by atoms with Gasteiger partial charge >= 0.3 is 0 Å². The van der Waals surface area contributed by atoms with Gasteiger partial charge in [-0.15, -0.1) is 0 Å². The predicted octanol–water partition coefficient (Wildman–Crippen LogP) is 4.94. The van der Waals surface area contributed by atoms with Gasteiger partial charge in [-0.1, -0.05) is 31.9 Å². The maximum atomic E-state index is 12.4. The number of hydrogen-bond donors (Lipinski definition) is 2. The minimum atomic E-state index is -0.419. The molecular weight excluding hydrogens is 464 g/mol. The van der Waals surface area contributed by atoms with E-state index in [0.717, 1.165) is 25.5 Å². The first-order valence-electron chi connectivity index (χ1n) is 7.88. The van der Waals surface area contributed by atoms with Gasteiger partial charge in [-0.05, 0) is 55.8 Å². The van der Waals surface area contributed by atoms with Crippen LogP contribution in [0.5, 0.6) is 0 Å². The summed E-state index contributed by atoms with van der Waals surface area (Å²) in [7, 11) is 0. The third-order valence-electron chi connectivity index (χ3n) is 3.98. The molecule has 1 aromatic heterocycles. The quantitative estimate of drug-likeness (QED) is 0.556. The zero-order valence-electron chi connectivity index (χ0n) is 14.2. The highest BCUT2D eigenvalue weighted by Gasteiger charge is 2.18. The van der Waals surface area contributed by atoms with Crippen molar-refractivity contribution in [3.63, 3.8) is 0 Å². The van der Waals surface area contributed by atoms with Crippen LogP contribution < -0.4 is 10.6 Å². The van der Waals surface area contributed by atoms with Crippen LogP contribution in [0.3, 0.4) is 0 Å². The smallest absolute Gasteiger partial charge is 0.287 e. The third-order valence-corrected chi connectivity index (χ3v) is 4.96. The molecule has 2 aromatic carbocycles. The van der Waals surface area contributed by atoms with Crippen LogP contribution in [0.15, 0.2) is 49.8 Å². The molecule has 5 nitrogen and oxygen atoms in total. The van der Waals surface area contributed by atoms with Gasteiger partial charge < -0.3 is 15.1 Å². The van der Waals surface area contributed by atoms with Crippen LogP contribution in [0.1, 0.15) is 21.7 Å². The van der Waals surface area contributed by atoms with E-state index in [-0.39, 0.29) is 18.2 Å². The molecule has 0 saturated heterocycles. The summed E-state index contributed by atoms with van der Waals surface area (Å²) >= 11 is 6.79. The average molecular weight is 480 g/mol. The van der Waals surface area contributed by atoms with Gasteiger partial charge in [0, 0.05) is 25.6 Å². The fourth-order valence-electron chi connectivity index (χ4n) is 2.61. The minimum Gasteiger partial charge on any atom is -0.451 e. The summed E-state index contributed by atoms with van der Waals surface area (Å²) in [6.07, 6.45) is 0. The number of rotatable bonds is 4. The molecule has 0 aliphatic carbocycles. The molecule has 0 bridgehead atoms. The van der Waals surface area contributed by atoms with Crippen LogP contribution in [-0.2, 0) is 4.79 Å². The first kappa shape index (κ1) is 18.7. The molecule has 3 aromatic rings. The molecule has 7 heteroatoms. The standard InChI is InChI=1S/C19H16Br2N2O3/c1-10-7-12(20)3-5-15(10)23-17(24)9-22-19(25)18-11(2)14-8-13(21)4-6-16(14)26-18/h3-8H,9H2,1-2H3,(H,22,25)(H,23,24). The van der Waals surface area contributed by atoms with Gasteiger partial charge in [-0.2, -0.15) is 0 Å². The Labute approximate surface area is 167 Å². The monoisotopic (exact) mass is 478 g/mol. The number of hydrogen-bond acceptors (Lipinski definition) is 3. The van der Waals surface area contributed by atoms with Crippen LogP contribution in [0.25, 0.3) is 11.0 Å². The van der Waals surface area contributed by atoms with Crippen molar-refractivity contribution < 1.29 is 14.0 Å². The number of carbonyl (C=O) groups excluding carboxylic acids is 2. The van der Waals surface area contributed by atoms with Gasteiger partial charge in [0.1, 0.15) is 5.58 Å². The van der Waals surface area contributed by atoms with Crippen molar-refractivity contribution >= 4 is 60.3 Å². The Kier molecular flexibility index (Phi) is 5.48. The molecule has 0 aliphatic heterocycles. The van der Waals surface area contributed by atoms with Crippen LogP contribution in [0.4, 0.5) is 5.69 Å². The van der Waals surface area contributed by atoms with E-state index in [1.54, 1.807) is 12.1 Å². The Hall–Kier alpha value is -2.12. The van der Waals surface area contributed by atoms with Crippen molar-refractivity contribution in [1.82, 2.24) is 5.32 Å². The van der Waals surface area contributed by atoms with Crippen molar-refractivity contribution in [2.45, 2.75) is 13.8 Å². The Balaban J connectivity index is 1.67. The lowest BCUT2D eigenvalue weighted by Crippen LogP contribution is -2.33. The highest BCUT2D eigenvalue weighted by atomic mass is 79.9. The molecule has 0 spiro atoms. The molecule has 0 radical (unpaired) electrons. The molecular formula is C19H16Br2N2O3. The molecule has 0 fully saturated rings. The molecule has 1 heterocycles. The van der Waals surface area contributed by atoms with Crippen LogP contribution >= 0.6 is 31.9 Å². The number of halogens is 2. The van der Waals surface area contributed by atoms with E-state index in [1.807, 2.05) is 38.1 Å². The van der Waals surface area contributed by atoms with E-state index < -0.39 is 5.91 Å². The lowest BCUT2D eigenvalue weighted by molar-refractivity contribution is -0.115. The molecule has 0 atom stereocenters. The summed E-state index contributed by atoms with van der Waals surface area (Å²) in [4.78, 5) is 24.5. The summed E-state index contributed by atoms with van der Waals surface area (Å²) in [5.41, 5.74) is 3.00. The number of fused-ring (bicyclic) bond motifs is 1. The fourth-order valence-corrected chi connectivity index (χ4v) is 3.45. The van der Waals surface area contributed by atoms with Crippen LogP contribution in [0, 0.1) is 13.8 Å². The summed E-state index contributed by atoms with van der Waals surface area (Å²) in [6, 6.07) is 11.1. The minimum absolute atomic E-state index is 0.144. The Morgan fingerprint density at radius 2 is 1.73 bits per heavy atom. The summed E-state index contributed by atoms with van der Waals surface area (Å²) in [5.74, 6) is -0.511. The third kappa shape index (κ3) is 3.99. The van der Waals surface area contributed by atoms with Crippen molar-refractivity contribution in [1.29, 1.82) is 0 Å². The van der Waals surface area contributed by atoms with E-state index >= 15 is 0 Å². The summed E-state index contributed by atoms with van der Waals surface area (Å²) < 4.78 is 7.47. The Bertz CT molecular complexity index is 1010. The molecule has 0 unspecified atom stereocenters. The first-order valence-corrected chi connectivity index (χ1v) is 9.46. The molecule has 134 valence electrons. The number of benzene rings is 2. The van der Waals surface area contributed by atoms with Crippen molar-refractivity contribution in [3.8, 4) is 0 Å². The molecule has 3 rings (SSSR count). The Morgan fingerprint density at radius 1 is 1.04 bits per heavy atom. The maximum Gasteiger partial charge on any atom is 0.287 e. The molecule has 2 amide bonds. The van der Waals surface area contributed by atoms with Gasteiger partial charge in [0.25, 0.3) is 5.91 Å². The van der Waals surface area contributed by atoms with Gasteiger partial charge in [0.05, 0.1) is 6.54 Å². The topological polar surface area (TPSA) is 71.3 Å². The number of anilines is 1. The summed E-state index contributed by atoms with van der Waals surface area (Å²) in [5, 5.41) is 6.24. The molecule has 0 aliphatic rings. The second-order valence-electron chi connectivity index (χ2n) is 5.89. The van der Waals surface area contributed by atoms with Gasteiger partial charge in [-0.3, -0.25) is 9.59 Å². The van der Waals surface area contributed by atoms with Crippen molar-refractivity contribution in [2.24, 2.45) is 0 Å². The predicted molar refractivity (Wildman–Crippen MR) is 108 cm³/mol. The van der Waals surface area contributed by atoms with Gasteiger partial charge in [-0.25, -0.2) is 0 Å². The summed E-state index contributed by atoms with van der Waals surface area (Å²) in [6.45, 7) is 3.57. The molecule has 0 saturated carbocycles. The second-order valence-corrected chi connectivity index (χ2v) is 7.72. The zero-order chi connectivity index (χ0) is 18.8. The fraction of sp³-hybridized carbons (Fsp3) is 0.158. The number of nitrogens with one attached hydrogen (secondary N) is 2. The average Bonchev–Trinajstić information content (AvgIpc) is 2.92. The maximum absolute atomic E-state index is 12.4. The SMILES string of the molecule is Cc1cc(Br)ccc1NC(=O)CNC(=O)c1oc2ccc(Br)cc2c1C. The number of amides is 2. The van der Waals surface area contributed by atoms with E-state index in [9.17, 15) is 9.59 Å². The second kappa shape index (κ2) is 7.63. The molecule has 26 heavy (non-hydrogen) atoms. The van der Waals surface area contributed by atoms with Crippen LogP contribution in [0.2, 0.25) is 0 Å². The zero-order valence-corrected chi connectivity index (χ0v) is 17.3. The van der Waals surface area contributed by atoms with Crippen LogP contribution in [-0.4, -0.2) is 18.4 Å². The van der Waals surface area contributed by atoms with Crippen molar-refractivity contribution in [2.75, 3.05) is 11.9 Å². The highest BCUT2D eigenvalue weighted by molar-refractivity contribution is 9.10. The number of aryl methyl sites for hydroxylation is 2. The molecule has 2 N–H and O–H groups in total. The van der Waals surface area contributed by atoms with Gasteiger partial charge in [0.15, 0.2) is 5.76 Å². The van der Waals surface area contributed by atoms with E-state index in [0.29, 0.717) is 11.3 Å². The van der Waals surface area contributed by atoms with Gasteiger partial charge in [0.2, 0.25) is 5.91 Å². The lowest BCUT2D eigenvalue weighted by atomic mass is 10.1. The highest BCUT2D eigenvalue weighted by Crippen LogP contribution is 2.28. The lowest BCUT2D eigenvalue weighted by Gasteiger charge is -2.09. The number of furan rings is 1. The van der Waals surface area contributed by atoms with Crippen molar-refractivity contribution in [3.05, 3.63) is 62.2 Å². The first-order chi connectivity index (χ1) is 12.3. The van der Waals surface area contributed by atoms with E-state index in [1.165, 1.54) is 0 Å². The normalized spacial score (nSPS) is 10.8. The number of carbonyl (C=O) groups is 2. The largest absolute Gasteiger partial charge is 0.451 e. The Morgan fingerprint density at radius 3 is 2.46 bits per heavy atom. The van der Waals surface area contributed by atoms with E-state index in [2.05, 4.69) is 42.5 Å². The van der Waals surface area contributed by atoms with E-state index in [4.69, 9.17) is 4.42 Å².